The number of carbonyl (C=O) groups is 1. The molecule has 1 saturated heterocycles. The molecule has 1 amide bonds. The minimum absolute atomic E-state index is 0. The lowest BCUT2D eigenvalue weighted by molar-refractivity contribution is -0.143. The van der Waals surface area contributed by atoms with Crippen molar-refractivity contribution in [2.45, 2.75) is 51.5 Å². The van der Waals surface area contributed by atoms with Crippen LogP contribution < -0.4 is 4.74 Å². The zero-order valence-electron chi connectivity index (χ0n) is 24.5. The van der Waals surface area contributed by atoms with Gasteiger partial charge in [-0.2, -0.15) is 26.3 Å². The molecule has 2 heterocycles. The van der Waals surface area contributed by atoms with E-state index < -0.39 is 41.0 Å². The fraction of sp³-hybridized carbons (Fsp3) is 0.419. The number of nitrogens with zero attached hydrogens (tertiary/aromatic N) is 3. The summed E-state index contributed by atoms with van der Waals surface area (Å²) < 4.78 is 86.4. The third-order valence-electron chi connectivity index (χ3n) is 7.66. The van der Waals surface area contributed by atoms with E-state index >= 15 is 0 Å². The van der Waals surface area contributed by atoms with E-state index in [1.807, 2.05) is 38.1 Å². The largest absolute Gasteiger partial charge is 0.495 e. The van der Waals surface area contributed by atoms with E-state index in [1.54, 1.807) is 19.4 Å². The van der Waals surface area contributed by atoms with E-state index in [0.29, 0.717) is 50.4 Å². The molecule has 0 bridgehead atoms. The van der Waals surface area contributed by atoms with Crippen LogP contribution in [0.4, 0.5) is 26.3 Å². The molecule has 5 nitrogen and oxygen atoms in total. The molecule has 1 aliphatic rings. The van der Waals surface area contributed by atoms with Crippen molar-refractivity contribution in [2.75, 3.05) is 33.3 Å². The molecule has 0 unspecified atom stereocenters. The topological polar surface area (TPSA) is 45.7 Å². The average Bonchev–Trinajstić information content (AvgIpc) is 2.94. The normalized spacial score (nSPS) is 15.8. The molecule has 3 aromatic rings. The Labute approximate surface area is 265 Å². The van der Waals surface area contributed by atoms with Gasteiger partial charge in [-0.25, -0.2) is 0 Å². The lowest BCUT2D eigenvalue weighted by Gasteiger charge is -2.42. The standard InChI is InChI=1S/C31H33F6N3O2.2ClH/c1-20-8-9-22(14-21(20)2)15-26-19-39(11-5-6-27-28(42-3)7-4-10-38-27)12-13-40(26)29(41)23-16-24(30(32,33)34)18-25(17-23)31(35,36)37;;/h4,7-10,14,16-18,26H,5-6,11-13,15,19H2,1-3H3;2*1H/t26-;;/m1../s1. The molecule has 0 aliphatic carbocycles. The van der Waals surface area contributed by atoms with E-state index in [9.17, 15) is 31.1 Å². The Morgan fingerprint density at radius 3 is 2.18 bits per heavy atom. The highest BCUT2D eigenvalue weighted by Crippen LogP contribution is 2.37. The Hall–Kier alpha value is -3.02. The SMILES string of the molecule is COc1cccnc1CCCN1CCN(C(=O)c2cc(C(F)(F)F)cc(C(F)(F)F)c2)[C@H](Cc2ccc(C)c(C)c2)C1.Cl.Cl. The van der Waals surface area contributed by atoms with Crippen LogP contribution in [0.15, 0.2) is 54.7 Å². The lowest BCUT2D eigenvalue weighted by Crippen LogP contribution is -2.56. The first kappa shape index (κ1) is 37.2. The number of ether oxygens (including phenoxy) is 1. The molecule has 0 radical (unpaired) electrons. The van der Waals surface area contributed by atoms with Gasteiger partial charge in [0.25, 0.3) is 5.91 Å². The zero-order valence-corrected chi connectivity index (χ0v) is 26.1. The number of benzene rings is 2. The van der Waals surface area contributed by atoms with E-state index in [0.717, 1.165) is 28.8 Å². The van der Waals surface area contributed by atoms with Crippen molar-refractivity contribution in [2.24, 2.45) is 0 Å². The van der Waals surface area contributed by atoms with Gasteiger partial charge >= 0.3 is 12.4 Å². The molecule has 2 aromatic carbocycles. The first-order chi connectivity index (χ1) is 19.8. The van der Waals surface area contributed by atoms with Crippen LogP contribution in [0.1, 0.15) is 50.3 Å². The summed E-state index contributed by atoms with van der Waals surface area (Å²) in [7, 11) is 1.58. The lowest BCUT2D eigenvalue weighted by atomic mass is 9.97. The summed E-state index contributed by atoms with van der Waals surface area (Å²) in [5.41, 5.74) is 0.259. The third-order valence-corrected chi connectivity index (χ3v) is 7.66. The van der Waals surface area contributed by atoms with E-state index in [4.69, 9.17) is 4.74 Å². The molecule has 0 saturated carbocycles. The quantitative estimate of drug-likeness (QED) is 0.233. The Balaban J connectivity index is 0.00000337. The monoisotopic (exact) mass is 665 g/mol. The Bertz CT molecular complexity index is 1390. The van der Waals surface area contributed by atoms with E-state index in [-0.39, 0.29) is 37.4 Å². The summed E-state index contributed by atoms with van der Waals surface area (Å²) in [6.07, 6.45) is -6.56. The Kier molecular flexibility index (Phi) is 12.9. The molecule has 4 rings (SSSR count). The van der Waals surface area contributed by atoms with Crippen molar-refractivity contribution in [3.63, 3.8) is 0 Å². The van der Waals surface area contributed by atoms with Crippen LogP contribution in [0.5, 0.6) is 5.75 Å². The van der Waals surface area contributed by atoms with Crippen molar-refractivity contribution in [3.05, 3.63) is 93.8 Å². The Morgan fingerprint density at radius 2 is 1.59 bits per heavy atom. The molecular weight excluding hydrogens is 631 g/mol. The third kappa shape index (κ3) is 9.25. The van der Waals surface area contributed by atoms with E-state index in [1.165, 1.54) is 4.90 Å². The highest BCUT2D eigenvalue weighted by molar-refractivity contribution is 5.95. The number of halogens is 8. The zero-order chi connectivity index (χ0) is 30.7. The van der Waals surface area contributed by atoms with Gasteiger partial charge in [0.05, 0.1) is 23.9 Å². The van der Waals surface area contributed by atoms with Gasteiger partial charge in [-0.15, -0.1) is 24.8 Å². The predicted molar refractivity (Wildman–Crippen MR) is 161 cm³/mol. The highest BCUT2D eigenvalue weighted by atomic mass is 35.5. The molecule has 242 valence electrons. The molecular formula is C31H35Cl2F6N3O2. The number of hydrogen-bond acceptors (Lipinski definition) is 4. The van der Waals surface area contributed by atoms with Gasteiger partial charge < -0.3 is 9.64 Å². The fourth-order valence-corrected chi connectivity index (χ4v) is 5.28. The summed E-state index contributed by atoms with van der Waals surface area (Å²) in [6.45, 7) is 5.62. The maximum atomic E-state index is 13.6. The number of methoxy groups -OCH3 is 1. The number of carbonyl (C=O) groups excluding carboxylic acids is 1. The van der Waals surface area contributed by atoms with Gasteiger partial charge in [-0.1, -0.05) is 18.2 Å². The van der Waals surface area contributed by atoms with Crippen molar-refractivity contribution in [3.8, 4) is 5.75 Å². The number of alkyl halides is 6. The van der Waals surface area contributed by atoms with Crippen LogP contribution in [0.3, 0.4) is 0 Å². The maximum absolute atomic E-state index is 13.6. The van der Waals surface area contributed by atoms with Crippen molar-refractivity contribution in [1.82, 2.24) is 14.8 Å². The summed E-state index contributed by atoms with van der Waals surface area (Å²) in [5, 5.41) is 0. The van der Waals surface area contributed by atoms with Crippen molar-refractivity contribution < 1.29 is 35.9 Å². The highest BCUT2D eigenvalue weighted by Gasteiger charge is 2.39. The van der Waals surface area contributed by atoms with Crippen LogP contribution in [-0.4, -0.2) is 60.0 Å². The van der Waals surface area contributed by atoms with Gasteiger partial charge in [0.2, 0.25) is 0 Å². The summed E-state index contributed by atoms with van der Waals surface area (Å²) in [6, 6.07) is 10.1. The van der Waals surface area contributed by atoms with Gasteiger partial charge in [0.1, 0.15) is 5.75 Å². The number of pyridine rings is 1. The minimum atomic E-state index is -5.04. The van der Waals surface area contributed by atoms with Crippen molar-refractivity contribution in [1.29, 1.82) is 0 Å². The van der Waals surface area contributed by atoms with Gasteiger partial charge in [0.15, 0.2) is 0 Å². The molecule has 0 N–H and O–H groups in total. The second kappa shape index (κ2) is 15.3. The van der Waals surface area contributed by atoms with Crippen molar-refractivity contribution >= 4 is 30.7 Å². The number of hydrogen-bond donors (Lipinski definition) is 0. The number of piperazine rings is 1. The van der Waals surface area contributed by atoms with E-state index in [2.05, 4.69) is 9.88 Å². The minimum Gasteiger partial charge on any atom is -0.495 e. The Morgan fingerprint density at radius 1 is 0.932 bits per heavy atom. The maximum Gasteiger partial charge on any atom is 0.416 e. The molecule has 1 aliphatic heterocycles. The fourth-order valence-electron chi connectivity index (χ4n) is 5.28. The first-order valence-electron chi connectivity index (χ1n) is 13.6. The van der Waals surface area contributed by atoms with Gasteiger partial charge in [0, 0.05) is 37.4 Å². The molecule has 13 heteroatoms. The summed E-state index contributed by atoms with van der Waals surface area (Å²) in [4.78, 5) is 21.6. The molecule has 1 atom stereocenters. The second-order valence-corrected chi connectivity index (χ2v) is 10.6. The van der Waals surface area contributed by atoms with Crippen LogP contribution in [-0.2, 0) is 25.2 Å². The number of aromatic nitrogens is 1. The van der Waals surface area contributed by atoms with Crippen LogP contribution in [0.25, 0.3) is 0 Å². The first-order valence-corrected chi connectivity index (χ1v) is 13.6. The smallest absolute Gasteiger partial charge is 0.416 e. The summed E-state index contributed by atoms with van der Waals surface area (Å²) >= 11 is 0. The number of amides is 1. The average molecular weight is 667 g/mol. The predicted octanol–water partition coefficient (Wildman–Crippen LogP) is 7.59. The summed E-state index contributed by atoms with van der Waals surface area (Å²) in [5.74, 6) is -0.154. The van der Waals surface area contributed by atoms with Crippen LogP contribution >= 0.6 is 24.8 Å². The van der Waals surface area contributed by atoms with Gasteiger partial charge in [-0.3, -0.25) is 14.7 Å². The molecule has 0 spiro atoms. The van der Waals surface area contributed by atoms with Crippen LogP contribution in [0, 0.1) is 13.8 Å². The number of aryl methyl sites for hydroxylation is 3. The second-order valence-electron chi connectivity index (χ2n) is 10.6. The molecule has 1 aromatic heterocycles. The van der Waals surface area contributed by atoms with Crippen LogP contribution in [0.2, 0.25) is 0 Å². The molecule has 44 heavy (non-hydrogen) atoms. The molecule has 1 fully saturated rings. The van der Waals surface area contributed by atoms with Gasteiger partial charge in [-0.05, 0) is 86.7 Å². The number of rotatable bonds is 8.